The standard InChI is InChI=1S/C10H10Cl3N3OS.C10H10Cl3N3S.CH4O.2CH4/c1-7(18(2,17)16-6-14)8-3-4-9(15-5-8)10(11,12)13;1-7(17(2)16-6-14)8-3-4-9(15-5-8)10(11,12)13;1-2;;/h3-5,7H,1-2H3;3-5,7H,1-2H3;2H,1H3;2*1H4. The van der Waals surface area contributed by atoms with Crippen LogP contribution in [0, 0.1) is 22.9 Å². The quantitative estimate of drug-likeness (QED) is 0.252. The Balaban J connectivity index is -0.000000596. The molecule has 2 aromatic rings. The molecule has 2 aromatic heterocycles. The maximum atomic E-state index is 12.1. The van der Waals surface area contributed by atoms with Crippen molar-refractivity contribution in [2.75, 3.05) is 19.6 Å². The van der Waals surface area contributed by atoms with Gasteiger partial charge in [-0.1, -0.05) is 107 Å². The summed E-state index contributed by atoms with van der Waals surface area (Å²) in [5, 5.41) is 23.7. The van der Waals surface area contributed by atoms with Crippen molar-refractivity contribution in [1.29, 1.82) is 10.5 Å². The predicted molar refractivity (Wildman–Crippen MR) is 169 cm³/mol. The van der Waals surface area contributed by atoms with Gasteiger partial charge in [0.25, 0.3) is 0 Å². The molecule has 1 N–H and O–H groups in total. The fraction of sp³-hybridized carbons (Fsp3) is 0.478. The summed E-state index contributed by atoms with van der Waals surface area (Å²) >= 11 is 34.2. The third-order valence-electron chi connectivity index (χ3n) is 4.67. The van der Waals surface area contributed by atoms with Gasteiger partial charge in [-0.25, -0.2) is 4.21 Å². The Morgan fingerprint density at radius 2 is 1.31 bits per heavy atom. The first-order valence-electron chi connectivity index (χ1n) is 9.89. The third-order valence-corrected chi connectivity index (χ3v) is 9.52. The smallest absolute Gasteiger partial charge is 0.232 e. The van der Waals surface area contributed by atoms with Crippen molar-refractivity contribution in [3.63, 3.8) is 0 Å². The average Bonchev–Trinajstić information content (AvgIpc) is 2.84. The number of pyridine rings is 2. The van der Waals surface area contributed by atoms with Crippen molar-refractivity contribution >= 4 is 90.0 Å². The number of aliphatic hydroxyl groups excluding tert-OH is 1. The van der Waals surface area contributed by atoms with E-state index in [2.05, 4.69) is 18.7 Å². The first kappa shape index (κ1) is 42.5. The highest BCUT2D eigenvalue weighted by molar-refractivity contribution is 7.93. The van der Waals surface area contributed by atoms with Gasteiger partial charge in [-0.2, -0.15) is 14.9 Å². The Kier molecular flexibility index (Phi) is 21.0. The van der Waals surface area contributed by atoms with Crippen LogP contribution in [0.5, 0.6) is 0 Å². The molecule has 0 amide bonds. The summed E-state index contributed by atoms with van der Waals surface area (Å²) in [6.45, 7) is 3.69. The van der Waals surface area contributed by atoms with E-state index in [0.29, 0.717) is 11.3 Å². The van der Waals surface area contributed by atoms with Gasteiger partial charge in [0.2, 0.25) is 20.0 Å². The van der Waals surface area contributed by atoms with E-state index in [0.717, 1.165) is 12.7 Å². The van der Waals surface area contributed by atoms with Crippen LogP contribution in [0.4, 0.5) is 0 Å². The van der Waals surface area contributed by atoms with Crippen LogP contribution >= 0.6 is 69.6 Å². The van der Waals surface area contributed by atoms with Crippen LogP contribution in [0.25, 0.3) is 0 Å². The molecular formula is C23H32Cl6N6O2S2. The minimum Gasteiger partial charge on any atom is -0.400 e. The second-order valence-electron chi connectivity index (χ2n) is 7.00. The summed E-state index contributed by atoms with van der Waals surface area (Å²) < 4.78 is 16.2. The van der Waals surface area contributed by atoms with Gasteiger partial charge in [0.1, 0.15) is 0 Å². The van der Waals surface area contributed by atoms with Crippen LogP contribution in [0.15, 0.2) is 45.4 Å². The Labute approximate surface area is 264 Å². The zero-order chi connectivity index (χ0) is 29.0. The van der Waals surface area contributed by atoms with E-state index >= 15 is 0 Å². The maximum Gasteiger partial charge on any atom is 0.232 e. The first-order chi connectivity index (χ1) is 17.0. The van der Waals surface area contributed by atoms with Crippen molar-refractivity contribution < 1.29 is 9.32 Å². The number of hydrogen-bond donors (Lipinski definition) is 1. The lowest BCUT2D eigenvalue weighted by molar-refractivity contribution is 0.399. The van der Waals surface area contributed by atoms with Gasteiger partial charge in [-0.15, -0.1) is 4.36 Å². The Bertz CT molecular complexity index is 1240. The van der Waals surface area contributed by atoms with Gasteiger partial charge in [0.05, 0.1) is 26.4 Å². The van der Waals surface area contributed by atoms with Crippen LogP contribution < -0.4 is 0 Å². The summed E-state index contributed by atoms with van der Waals surface area (Å²) in [7, 11) is -2.01. The second kappa shape index (κ2) is 19.2. The van der Waals surface area contributed by atoms with Crippen molar-refractivity contribution in [2.24, 2.45) is 8.73 Å². The highest BCUT2D eigenvalue weighted by Crippen LogP contribution is 2.38. The highest BCUT2D eigenvalue weighted by Gasteiger charge is 2.26. The molecule has 0 spiro atoms. The first-order valence-corrected chi connectivity index (χ1v) is 15.8. The number of aromatic nitrogens is 2. The van der Waals surface area contributed by atoms with Gasteiger partial charge >= 0.3 is 0 Å². The molecule has 0 aliphatic heterocycles. The van der Waals surface area contributed by atoms with Crippen LogP contribution in [0.2, 0.25) is 0 Å². The van der Waals surface area contributed by atoms with Gasteiger partial charge in [-0.05, 0) is 43.4 Å². The van der Waals surface area contributed by atoms with Crippen LogP contribution in [-0.2, 0) is 28.0 Å². The van der Waals surface area contributed by atoms with Gasteiger partial charge in [0.15, 0.2) is 0 Å². The SMILES string of the molecule is C.C.CC(c1ccc(C(Cl)(Cl)Cl)nc1)S(C)(=O)=NC#N.CC(c1ccc(C(Cl)(Cl)Cl)nc1)S(C)=NC#N.CO. The van der Waals surface area contributed by atoms with Gasteiger partial charge < -0.3 is 5.11 Å². The summed E-state index contributed by atoms with van der Waals surface area (Å²) in [6, 6.07) is 6.71. The number of nitrogens with zero attached hydrogens (tertiary/aromatic N) is 6. The molecule has 0 aliphatic rings. The molecule has 4 atom stereocenters. The highest BCUT2D eigenvalue weighted by atomic mass is 35.6. The van der Waals surface area contributed by atoms with Crippen molar-refractivity contribution in [3.05, 3.63) is 59.2 Å². The number of halogens is 6. The van der Waals surface area contributed by atoms with Crippen molar-refractivity contribution in [2.45, 2.75) is 46.8 Å². The van der Waals surface area contributed by atoms with E-state index in [4.69, 9.17) is 85.2 Å². The van der Waals surface area contributed by atoms with Crippen molar-refractivity contribution in [1.82, 2.24) is 9.97 Å². The molecule has 0 saturated carbocycles. The molecule has 39 heavy (non-hydrogen) atoms. The van der Waals surface area contributed by atoms with E-state index in [1.165, 1.54) is 12.5 Å². The average molecular weight is 701 g/mol. The zero-order valence-corrected chi connectivity index (χ0v) is 26.4. The molecule has 0 fully saturated rings. The Hall–Kier alpha value is -0.920. The molecule has 220 valence electrons. The summed E-state index contributed by atoms with van der Waals surface area (Å²) in [4.78, 5) is 8.10. The fourth-order valence-corrected chi connectivity index (χ4v) is 4.84. The van der Waals surface area contributed by atoms with Gasteiger partial charge in [-0.3, -0.25) is 9.97 Å². The van der Waals surface area contributed by atoms with Crippen LogP contribution in [-0.4, -0.2) is 38.9 Å². The van der Waals surface area contributed by atoms with Crippen LogP contribution in [0.3, 0.4) is 0 Å². The molecule has 0 radical (unpaired) electrons. The predicted octanol–water partition coefficient (Wildman–Crippen LogP) is 8.31. The molecule has 0 bridgehead atoms. The second-order valence-corrected chi connectivity index (χ2v) is 16.1. The van der Waals surface area contributed by atoms with Crippen LogP contribution in [0.1, 0.15) is 61.7 Å². The largest absolute Gasteiger partial charge is 0.400 e. The van der Waals surface area contributed by atoms with E-state index < -0.39 is 22.6 Å². The third kappa shape index (κ3) is 14.5. The number of hydrogen-bond acceptors (Lipinski definition) is 8. The van der Waals surface area contributed by atoms with Gasteiger partial charge in [0, 0.05) is 31.0 Å². The van der Waals surface area contributed by atoms with E-state index in [1.54, 1.807) is 37.5 Å². The molecule has 0 aliphatic carbocycles. The van der Waals surface area contributed by atoms with Crippen molar-refractivity contribution in [3.8, 4) is 12.4 Å². The van der Waals surface area contributed by atoms with E-state index in [-0.39, 0.29) is 36.5 Å². The topological polar surface area (TPSA) is 135 Å². The zero-order valence-electron chi connectivity index (χ0n) is 20.2. The number of nitriles is 2. The lowest BCUT2D eigenvalue weighted by Gasteiger charge is -2.14. The normalized spacial score (nSPS) is 14.4. The summed E-state index contributed by atoms with van der Waals surface area (Å²) in [5.74, 6) is 0. The molecular weight excluding hydrogens is 669 g/mol. The summed E-state index contributed by atoms with van der Waals surface area (Å²) in [6.07, 6.45) is 9.81. The van der Waals surface area contributed by atoms with E-state index in [1.807, 2.05) is 25.4 Å². The van der Waals surface area contributed by atoms with E-state index in [9.17, 15) is 4.21 Å². The lowest BCUT2D eigenvalue weighted by atomic mass is 10.2. The maximum absolute atomic E-state index is 12.1. The Morgan fingerprint density at radius 3 is 1.62 bits per heavy atom. The summed E-state index contributed by atoms with van der Waals surface area (Å²) in [5.41, 5.74) is 2.29. The molecule has 0 saturated heterocycles. The number of alkyl halides is 6. The lowest BCUT2D eigenvalue weighted by Crippen LogP contribution is -2.09. The molecule has 2 rings (SSSR count). The molecule has 0 aromatic carbocycles. The molecule has 8 nitrogen and oxygen atoms in total. The fourth-order valence-electron chi connectivity index (χ4n) is 2.38. The molecule has 2 heterocycles. The minimum atomic E-state index is -2.64. The monoisotopic (exact) mass is 698 g/mol. The Morgan fingerprint density at radius 1 is 0.897 bits per heavy atom. The number of rotatable bonds is 4. The number of aliphatic hydroxyl groups is 1. The molecule has 16 heteroatoms. The minimum absolute atomic E-state index is 0. The molecule has 4 unspecified atom stereocenters.